The number of anilines is 1. The van der Waals surface area contributed by atoms with Crippen LogP contribution in [0.4, 0.5) is 5.13 Å². The summed E-state index contributed by atoms with van der Waals surface area (Å²) in [6.07, 6.45) is 6.56. The van der Waals surface area contributed by atoms with Gasteiger partial charge in [-0.05, 0) is 31.6 Å². The van der Waals surface area contributed by atoms with Crippen LogP contribution in [0.1, 0.15) is 18.7 Å². The molecular formula is C11H13N3OS. The summed E-state index contributed by atoms with van der Waals surface area (Å²) in [6.45, 7) is 1.83. The van der Waals surface area contributed by atoms with Crippen molar-refractivity contribution in [1.29, 1.82) is 0 Å². The third-order valence-corrected chi connectivity index (χ3v) is 4.10. The maximum Gasteiger partial charge on any atom is 0.229 e. The molecule has 4 nitrogen and oxygen atoms in total. The summed E-state index contributed by atoms with van der Waals surface area (Å²) in [6, 6.07) is 0. The smallest absolute Gasteiger partial charge is 0.229 e. The predicted octanol–water partition coefficient (Wildman–Crippen LogP) is 2.00. The largest absolute Gasteiger partial charge is 0.300 e. The number of amides is 1. The zero-order chi connectivity index (χ0) is 11.1. The Morgan fingerprint density at radius 2 is 2.38 bits per heavy atom. The van der Waals surface area contributed by atoms with Gasteiger partial charge in [0.25, 0.3) is 0 Å². The average molecular weight is 235 g/mol. The van der Waals surface area contributed by atoms with E-state index in [-0.39, 0.29) is 11.8 Å². The van der Waals surface area contributed by atoms with Gasteiger partial charge in [-0.25, -0.2) is 4.98 Å². The summed E-state index contributed by atoms with van der Waals surface area (Å²) in [7, 11) is 0. The Labute approximate surface area is 97.9 Å². The molecule has 1 heterocycles. The fourth-order valence-electron chi connectivity index (χ4n) is 2.63. The number of carbonyl (C=O) groups is 1. The zero-order valence-corrected chi connectivity index (χ0v) is 9.83. The molecule has 1 aromatic heterocycles. The Morgan fingerprint density at radius 1 is 1.50 bits per heavy atom. The number of nitrogens with zero attached hydrogens (tertiary/aromatic N) is 2. The first-order valence-electron chi connectivity index (χ1n) is 5.52. The van der Waals surface area contributed by atoms with Crippen LogP contribution >= 0.6 is 11.5 Å². The lowest BCUT2D eigenvalue weighted by Crippen LogP contribution is -2.25. The van der Waals surface area contributed by atoms with E-state index in [1.807, 2.05) is 6.92 Å². The summed E-state index contributed by atoms with van der Waals surface area (Å²) >= 11 is 1.25. The van der Waals surface area contributed by atoms with E-state index in [9.17, 15) is 4.79 Å². The van der Waals surface area contributed by atoms with Gasteiger partial charge in [-0.15, -0.1) is 0 Å². The zero-order valence-electron chi connectivity index (χ0n) is 9.01. The minimum absolute atomic E-state index is 0.105. The lowest BCUT2D eigenvalue weighted by atomic mass is 9.93. The van der Waals surface area contributed by atoms with E-state index in [4.69, 9.17) is 0 Å². The van der Waals surface area contributed by atoms with Gasteiger partial charge in [-0.2, -0.15) is 4.37 Å². The van der Waals surface area contributed by atoms with E-state index < -0.39 is 0 Å². The van der Waals surface area contributed by atoms with Crippen molar-refractivity contribution in [3.05, 3.63) is 18.0 Å². The van der Waals surface area contributed by atoms with Crippen LogP contribution in [0.2, 0.25) is 0 Å². The molecular weight excluding hydrogens is 222 g/mol. The Bertz CT molecular complexity index is 454. The molecule has 0 aliphatic heterocycles. The highest BCUT2D eigenvalue weighted by molar-refractivity contribution is 7.09. The van der Waals surface area contributed by atoms with Crippen molar-refractivity contribution >= 4 is 22.6 Å². The maximum absolute atomic E-state index is 12.0. The molecule has 5 heteroatoms. The molecule has 0 aromatic carbocycles. The summed E-state index contributed by atoms with van der Waals surface area (Å²) < 4.78 is 4.05. The molecule has 0 spiro atoms. The fraction of sp³-hybridized carbons (Fsp3) is 0.545. The normalized spacial score (nSPS) is 30.9. The third kappa shape index (κ3) is 1.65. The molecule has 1 N–H and O–H groups in total. The van der Waals surface area contributed by atoms with Crippen LogP contribution in [0.15, 0.2) is 12.2 Å². The Kier molecular flexibility index (Phi) is 2.28. The molecule has 16 heavy (non-hydrogen) atoms. The first kappa shape index (κ1) is 9.96. The molecule has 1 amide bonds. The van der Waals surface area contributed by atoms with E-state index in [0.29, 0.717) is 22.8 Å². The van der Waals surface area contributed by atoms with Crippen molar-refractivity contribution in [2.24, 2.45) is 17.8 Å². The van der Waals surface area contributed by atoms with Crippen molar-refractivity contribution in [3.63, 3.8) is 0 Å². The highest BCUT2D eigenvalue weighted by Gasteiger charge is 2.39. The highest BCUT2D eigenvalue weighted by Crippen LogP contribution is 2.43. The van der Waals surface area contributed by atoms with E-state index in [2.05, 4.69) is 26.8 Å². The van der Waals surface area contributed by atoms with Crippen molar-refractivity contribution in [3.8, 4) is 0 Å². The van der Waals surface area contributed by atoms with Crippen LogP contribution in [0.5, 0.6) is 0 Å². The number of nitrogens with one attached hydrogen (secondary N) is 1. The number of allylic oxidation sites excluding steroid dienone is 2. The van der Waals surface area contributed by atoms with Gasteiger partial charge in [-0.3, -0.25) is 4.79 Å². The molecule has 84 valence electrons. The molecule has 1 aromatic rings. The number of fused-ring (bicyclic) bond motifs is 2. The molecule has 0 radical (unpaired) electrons. The maximum atomic E-state index is 12.0. The third-order valence-electron chi connectivity index (χ3n) is 3.37. The van der Waals surface area contributed by atoms with Crippen LogP contribution < -0.4 is 5.32 Å². The Balaban J connectivity index is 1.68. The number of carbonyl (C=O) groups excluding carboxylic acids is 1. The quantitative estimate of drug-likeness (QED) is 0.798. The molecule has 1 fully saturated rings. The van der Waals surface area contributed by atoms with Gasteiger partial charge in [0.2, 0.25) is 11.0 Å². The van der Waals surface area contributed by atoms with Crippen molar-refractivity contribution in [2.75, 3.05) is 5.32 Å². The van der Waals surface area contributed by atoms with Gasteiger partial charge in [-0.1, -0.05) is 12.2 Å². The highest BCUT2D eigenvalue weighted by atomic mass is 32.1. The molecule has 2 bridgehead atoms. The lowest BCUT2D eigenvalue weighted by molar-refractivity contribution is -0.120. The Morgan fingerprint density at radius 3 is 2.94 bits per heavy atom. The molecule has 1 saturated carbocycles. The molecule has 3 atom stereocenters. The van der Waals surface area contributed by atoms with E-state index in [1.54, 1.807) is 0 Å². The van der Waals surface area contributed by atoms with Crippen LogP contribution in [0.3, 0.4) is 0 Å². The van der Waals surface area contributed by atoms with Gasteiger partial charge in [0, 0.05) is 17.5 Å². The second-order valence-electron chi connectivity index (χ2n) is 4.52. The first-order valence-corrected chi connectivity index (χ1v) is 6.29. The summed E-state index contributed by atoms with van der Waals surface area (Å²) in [5.74, 6) is 2.02. The van der Waals surface area contributed by atoms with E-state index >= 15 is 0 Å². The summed E-state index contributed by atoms with van der Waals surface area (Å²) in [4.78, 5) is 16.1. The minimum atomic E-state index is 0.105. The summed E-state index contributed by atoms with van der Waals surface area (Å²) in [5, 5.41) is 3.48. The van der Waals surface area contributed by atoms with Gasteiger partial charge in [0.15, 0.2) is 0 Å². The summed E-state index contributed by atoms with van der Waals surface area (Å²) in [5.41, 5.74) is 0. The van der Waals surface area contributed by atoms with Crippen LogP contribution in [0.25, 0.3) is 0 Å². The first-order chi connectivity index (χ1) is 7.72. The average Bonchev–Trinajstić information content (AvgIpc) is 2.93. The predicted molar refractivity (Wildman–Crippen MR) is 62.1 cm³/mol. The van der Waals surface area contributed by atoms with E-state index in [0.717, 1.165) is 12.8 Å². The number of aromatic nitrogens is 2. The van der Waals surface area contributed by atoms with Crippen LogP contribution in [-0.4, -0.2) is 15.3 Å². The second kappa shape index (κ2) is 3.66. The molecule has 3 unspecified atom stereocenters. The lowest BCUT2D eigenvalue weighted by Gasteiger charge is -2.16. The van der Waals surface area contributed by atoms with Gasteiger partial charge in [0.1, 0.15) is 5.82 Å². The van der Waals surface area contributed by atoms with Crippen molar-refractivity contribution < 1.29 is 4.79 Å². The van der Waals surface area contributed by atoms with Crippen molar-refractivity contribution in [2.45, 2.75) is 19.8 Å². The van der Waals surface area contributed by atoms with Gasteiger partial charge >= 0.3 is 0 Å². The standard InChI is InChI=1S/C11H13N3OS/c1-6-12-11(16-14-6)13-10(15)9-5-7-2-3-8(9)4-7/h2-3,7-9H,4-5H2,1H3,(H,12,13,14,15). The monoisotopic (exact) mass is 235 g/mol. The SMILES string of the molecule is Cc1nsc(NC(=O)C2CC3C=CC2C3)n1. The number of aryl methyl sites for hydroxylation is 1. The van der Waals surface area contributed by atoms with Crippen LogP contribution in [-0.2, 0) is 4.79 Å². The molecule has 2 aliphatic rings. The molecule has 3 rings (SSSR count). The van der Waals surface area contributed by atoms with Gasteiger partial charge in [0.05, 0.1) is 0 Å². The van der Waals surface area contributed by atoms with Crippen molar-refractivity contribution in [1.82, 2.24) is 9.36 Å². The van der Waals surface area contributed by atoms with Crippen LogP contribution in [0, 0.1) is 24.7 Å². The fourth-order valence-corrected chi connectivity index (χ4v) is 3.21. The number of hydrogen-bond donors (Lipinski definition) is 1. The molecule has 2 aliphatic carbocycles. The minimum Gasteiger partial charge on any atom is -0.300 e. The Hall–Kier alpha value is -1.23. The van der Waals surface area contributed by atoms with E-state index in [1.165, 1.54) is 11.5 Å². The van der Waals surface area contributed by atoms with Gasteiger partial charge < -0.3 is 5.32 Å². The number of hydrogen-bond acceptors (Lipinski definition) is 4. The second-order valence-corrected chi connectivity index (χ2v) is 5.27. The number of rotatable bonds is 2. The molecule has 0 saturated heterocycles. The topological polar surface area (TPSA) is 54.9 Å².